The van der Waals surface area contributed by atoms with Gasteiger partial charge in [0.2, 0.25) is 0 Å². The van der Waals surface area contributed by atoms with Crippen molar-refractivity contribution in [3.05, 3.63) is 75.0 Å². The van der Waals surface area contributed by atoms with Gasteiger partial charge >= 0.3 is 0 Å². The molecule has 3 aromatic rings. The molecule has 23 heavy (non-hydrogen) atoms. The molecule has 0 spiro atoms. The highest BCUT2D eigenvalue weighted by Crippen LogP contribution is 2.20. The van der Waals surface area contributed by atoms with Gasteiger partial charge in [-0.05, 0) is 72.8 Å². The maximum absolute atomic E-state index is 12.6. The number of halogens is 1. The highest BCUT2D eigenvalue weighted by Gasteiger charge is 2.16. The third kappa shape index (κ3) is 3.50. The first-order valence-corrected chi connectivity index (χ1v) is 8.38. The van der Waals surface area contributed by atoms with E-state index >= 15 is 0 Å². The number of rotatable bonds is 4. The van der Waals surface area contributed by atoms with Crippen LogP contribution in [0.4, 0.5) is 5.69 Å². The highest BCUT2D eigenvalue weighted by molar-refractivity contribution is 14.1. The Hall–Kier alpha value is -2.02. The molecular weight excluding hydrogens is 403 g/mol. The van der Waals surface area contributed by atoms with E-state index in [1.807, 2.05) is 56.3 Å². The van der Waals surface area contributed by atoms with Crippen molar-refractivity contribution in [2.24, 2.45) is 0 Å². The fraction of sp³-hybridized carbons (Fsp3) is 0.167. The number of aryl methyl sites for hydroxylation is 1. The molecule has 0 atom stereocenters. The number of carbonyl (C=O) groups is 1. The van der Waals surface area contributed by atoms with E-state index in [0.717, 1.165) is 26.4 Å². The first-order chi connectivity index (χ1) is 11.0. The average molecular weight is 420 g/mol. The van der Waals surface area contributed by atoms with E-state index in [9.17, 15) is 4.79 Å². The number of hydrogen-bond acceptors (Lipinski definition) is 2. The Labute approximate surface area is 148 Å². The van der Waals surface area contributed by atoms with Crippen molar-refractivity contribution in [1.82, 2.24) is 4.57 Å². The zero-order valence-corrected chi connectivity index (χ0v) is 15.1. The number of amides is 1. The summed E-state index contributed by atoms with van der Waals surface area (Å²) in [6, 6.07) is 13.5. The van der Waals surface area contributed by atoms with Gasteiger partial charge in [0.05, 0.1) is 18.4 Å². The molecule has 3 rings (SSSR count). The van der Waals surface area contributed by atoms with Crippen molar-refractivity contribution in [3.63, 3.8) is 0 Å². The van der Waals surface area contributed by atoms with Gasteiger partial charge < -0.3 is 14.3 Å². The van der Waals surface area contributed by atoms with Crippen LogP contribution in [0.25, 0.3) is 0 Å². The van der Waals surface area contributed by atoms with Crippen LogP contribution in [0.3, 0.4) is 0 Å². The molecule has 0 unspecified atom stereocenters. The van der Waals surface area contributed by atoms with Gasteiger partial charge in [0.25, 0.3) is 5.91 Å². The molecule has 0 aliphatic heterocycles. The minimum absolute atomic E-state index is 0.0919. The summed E-state index contributed by atoms with van der Waals surface area (Å²) in [6.45, 7) is 4.58. The molecule has 0 fully saturated rings. The van der Waals surface area contributed by atoms with Gasteiger partial charge in [-0.25, -0.2) is 0 Å². The third-order valence-corrected chi connectivity index (χ3v) is 4.47. The van der Waals surface area contributed by atoms with E-state index < -0.39 is 0 Å². The summed E-state index contributed by atoms with van der Waals surface area (Å²) in [4.78, 5) is 12.6. The van der Waals surface area contributed by atoms with Gasteiger partial charge in [-0.1, -0.05) is 6.07 Å². The lowest BCUT2D eigenvalue weighted by atomic mass is 10.2. The zero-order valence-electron chi connectivity index (χ0n) is 13.0. The molecule has 0 bridgehead atoms. The highest BCUT2D eigenvalue weighted by atomic mass is 127. The predicted octanol–water partition coefficient (Wildman–Crippen LogP) is 4.60. The molecule has 1 N–H and O–H groups in total. The maximum atomic E-state index is 12.6. The van der Waals surface area contributed by atoms with Gasteiger partial charge in [-0.15, -0.1) is 0 Å². The minimum Gasteiger partial charge on any atom is -0.467 e. The molecule has 0 saturated carbocycles. The van der Waals surface area contributed by atoms with E-state index in [0.29, 0.717) is 12.1 Å². The smallest absolute Gasteiger partial charge is 0.257 e. The van der Waals surface area contributed by atoms with Gasteiger partial charge in [-0.2, -0.15) is 0 Å². The number of nitrogens with zero attached hydrogens (tertiary/aromatic N) is 1. The van der Waals surface area contributed by atoms with Crippen LogP contribution in [0.5, 0.6) is 0 Å². The second-order valence-electron chi connectivity index (χ2n) is 5.41. The number of benzene rings is 1. The van der Waals surface area contributed by atoms with Crippen LogP contribution in [-0.2, 0) is 6.54 Å². The Bertz CT molecular complexity index is 835. The van der Waals surface area contributed by atoms with E-state index in [4.69, 9.17) is 4.42 Å². The lowest BCUT2D eigenvalue weighted by Gasteiger charge is -2.08. The summed E-state index contributed by atoms with van der Waals surface area (Å²) >= 11 is 2.23. The SMILES string of the molecule is Cc1cc(C(=O)Nc2cccc(I)c2)c(C)n1Cc1ccco1. The summed E-state index contributed by atoms with van der Waals surface area (Å²) in [5.41, 5.74) is 3.46. The van der Waals surface area contributed by atoms with Crippen LogP contribution in [0.15, 0.2) is 53.1 Å². The first-order valence-electron chi connectivity index (χ1n) is 7.30. The second-order valence-corrected chi connectivity index (χ2v) is 6.66. The Morgan fingerprint density at radius 2 is 2.04 bits per heavy atom. The lowest BCUT2D eigenvalue weighted by molar-refractivity contribution is 0.102. The molecule has 1 amide bonds. The van der Waals surface area contributed by atoms with Gasteiger partial charge in [-0.3, -0.25) is 4.79 Å². The predicted molar refractivity (Wildman–Crippen MR) is 98.8 cm³/mol. The summed E-state index contributed by atoms with van der Waals surface area (Å²) in [5, 5.41) is 2.96. The molecule has 2 heterocycles. The number of carbonyl (C=O) groups excluding carboxylic acids is 1. The molecule has 1 aromatic carbocycles. The molecule has 0 saturated heterocycles. The fourth-order valence-corrected chi connectivity index (χ4v) is 3.14. The van der Waals surface area contributed by atoms with Crippen molar-refractivity contribution in [2.75, 3.05) is 5.32 Å². The van der Waals surface area contributed by atoms with Gasteiger partial charge in [0.1, 0.15) is 5.76 Å². The molecule has 118 valence electrons. The largest absolute Gasteiger partial charge is 0.467 e. The third-order valence-electron chi connectivity index (χ3n) is 3.79. The summed E-state index contributed by atoms with van der Waals surface area (Å²) in [5.74, 6) is 0.780. The van der Waals surface area contributed by atoms with Crippen molar-refractivity contribution in [3.8, 4) is 0 Å². The van der Waals surface area contributed by atoms with Crippen LogP contribution in [0.1, 0.15) is 27.5 Å². The molecule has 0 aliphatic rings. The minimum atomic E-state index is -0.0919. The molecular formula is C18H17IN2O2. The Balaban J connectivity index is 1.84. The Kier molecular flexibility index (Phi) is 4.56. The maximum Gasteiger partial charge on any atom is 0.257 e. The number of hydrogen-bond donors (Lipinski definition) is 1. The number of furan rings is 1. The molecule has 0 radical (unpaired) electrons. The lowest BCUT2D eigenvalue weighted by Crippen LogP contribution is -2.13. The summed E-state index contributed by atoms with van der Waals surface area (Å²) < 4.78 is 8.58. The second kappa shape index (κ2) is 6.62. The van der Waals surface area contributed by atoms with Crippen LogP contribution < -0.4 is 5.32 Å². The normalized spacial score (nSPS) is 10.7. The molecule has 0 aliphatic carbocycles. The van der Waals surface area contributed by atoms with Gasteiger partial charge in [0.15, 0.2) is 0 Å². The topological polar surface area (TPSA) is 47.2 Å². The van der Waals surface area contributed by atoms with Crippen molar-refractivity contribution in [1.29, 1.82) is 0 Å². The quantitative estimate of drug-likeness (QED) is 0.627. The van der Waals surface area contributed by atoms with Crippen molar-refractivity contribution < 1.29 is 9.21 Å². The number of aromatic nitrogens is 1. The van der Waals surface area contributed by atoms with Gasteiger partial charge in [0, 0.05) is 20.6 Å². The van der Waals surface area contributed by atoms with Crippen molar-refractivity contribution >= 4 is 34.2 Å². The summed E-state index contributed by atoms with van der Waals surface area (Å²) in [7, 11) is 0. The monoisotopic (exact) mass is 420 g/mol. The van der Waals surface area contributed by atoms with Crippen LogP contribution >= 0.6 is 22.6 Å². The van der Waals surface area contributed by atoms with E-state index in [-0.39, 0.29) is 5.91 Å². The van der Waals surface area contributed by atoms with Crippen LogP contribution in [0, 0.1) is 17.4 Å². The van der Waals surface area contributed by atoms with E-state index in [2.05, 4.69) is 32.5 Å². The van der Waals surface area contributed by atoms with E-state index in [1.54, 1.807) is 6.26 Å². The Morgan fingerprint density at radius 3 is 2.74 bits per heavy atom. The zero-order chi connectivity index (χ0) is 16.4. The molecule has 2 aromatic heterocycles. The van der Waals surface area contributed by atoms with Crippen LogP contribution in [0.2, 0.25) is 0 Å². The summed E-state index contributed by atoms with van der Waals surface area (Å²) in [6.07, 6.45) is 1.66. The average Bonchev–Trinajstić information content (AvgIpc) is 3.11. The fourth-order valence-electron chi connectivity index (χ4n) is 2.60. The molecule has 4 nitrogen and oxygen atoms in total. The number of nitrogens with one attached hydrogen (secondary N) is 1. The standard InChI is InChI=1S/C18H17IN2O2/c1-12-9-17(13(2)21(12)11-16-7-4-8-23-16)18(22)20-15-6-3-5-14(19)10-15/h3-10H,11H2,1-2H3,(H,20,22). The molecule has 5 heteroatoms. The number of anilines is 1. The Morgan fingerprint density at radius 1 is 1.22 bits per heavy atom. The van der Waals surface area contributed by atoms with Crippen LogP contribution in [-0.4, -0.2) is 10.5 Å². The first kappa shape index (κ1) is 15.9. The van der Waals surface area contributed by atoms with E-state index in [1.165, 1.54) is 0 Å². The van der Waals surface area contributed by atoms with Crippen molar-refractivity contribution in [2.45, 2.75) is 20.4 Å².